The molecular formula is C11H14N2O2. The van der Waals surface area contributed by atoms with Crippen molar-refractivity contribution in [2.75, 3.05) is 19.8 Å². The van der Waals surface area contributed by atoms with Crippen LogP contribution in [0.5, 0.6) is 0 Å². The number of hydrogen-bond donors (Lipinski definition) is 0. The van der Waals surface area contributed by atoms with Crippen molar-refractivity contribution in [2.45, 2.75) is 18.6 Å². The smallest absolute Gasteiger partial charge is 0.104 e. The minimum Gasteiger partial charge on any atom is -0.377 e. The summed E-state index contributed by atoms with van der Waals surface area (Å²) in [4.78, 5) is 0. The van der Waals surface area contributed by atoms with Crippen LogP contribution in [0.1, 0.15) is 24.1 Å². The fourth-order valence-electron chi connectivity index (χ4n) is 1.82. The van der Waals surface area contributed by atoms with Gasteiger partial charge in [0.2, 0.25) is 0 Å². The average molecular weight is 206 g/mol. The standard InChI is InChI=1S/C11H14N2O2/c1-2-4-15-11(3-1)9-5-12-13(6-9)10-7-14-8-10/h1,3,5-6,10-11H,2,4,7-8H2. The molecule has 1 aromatic heterocycles. The summed E-state index contributed by atoms with van der Waals surface area (Å²) < 4.78 is 12.8. The molecule has 0 amide bonds. The predicted octanol–water partition coefficient (Wildman–Crippen LogP) is 1.47. The molecule has 1 fully saturated rings. The van der Waals surface area contributed by atoms with E-state index in [-0.39, 0.29) is 6.10 Å². The molecule has 0 saturated carbocycles. The fourth-order valence-corrected chi connectivity index (χ4v) is 1.82. The van der Waals surface area contributed by atoms with Crippen molar-refractivity contribution in [1.82, 2.24) is 9.78 Å². The first-order valence-electron chi connectivity index (χ1n) is 5.33. The quantitative estimate of drug-likeness (QED) is 0.687. The summed E-state index contributed by atoms with van der Waals surface area (Å²) in [6.07, 6.45) is 9.32. The molecule has 2 aliphatic rings. The van der Waals surface area contributed by atoms with Crippen LogP contribution < -0.4 is 0 Å². The van der Waals surface area contributed by atoms with Crippen LogP contribution in [0, 0.1) is 0 Å². The number of nitrogens with zero attached hydrogens (tertiary/aromatic N) is 2. The van der Waals surface area contributed by atoms with Gasteiger partial charge in [-0.25, -0.2) is 0 Å². The molecular weight excluding hydrogens is 192 g/mol. The second kappa shape index (κ2) is 3.79. The van der Waals surface area contributed by atoms with Crippen LogP contribution in [0.2, 0.25) is 0 Å². The van der Waals surface area contributed by atoms with Crippen LogP contribution in [0.4, 0.5) is 0 Å². The minimum atomic E-state index is 0.0912. The van der Waals surface area contributed by atoms with Crippen molar-refractivity contribution in [3.63, 3.8) is 0 Å². The number of rotatable bonds is 2. The highest BCUT2D eigenvalue weighted by atomic mass is 16.5. The van der Waals surface area contributed by atoms with Gasteiger partial charge in [0.1, 0.15) is 6.10 Å². The molecule has 4 heteroatoms. The fraction of sp³-hybridized carbons (Fsp3) is 0.545. The maximum atomic E-state index is 5.64. The van der Waals surface area contributed by atoms with Gasteiger partial charge in [-0.05, 0) is 6.42 Å². The van der Waals surface area contributed by atoms with Crippen LogP contribution in [0.15, 0.2) is 24.5 Å². The number of hydrogen-bond acceptors (Lipinski definition) is 3. The lowest BCUT2D eigenvalue weighted by atomic mass is 10.1. The second-order valence-corrected chi connectivity index (χ2v) is 3.95. The lowest BCUT2D eigenvalue weighted by molar-refractivity contribution is -0.0287. The van der Waals surface area contributed by atoms with Gasteiger partial charge in [0.05, 0.1) is 32.1 Å². The van der Waals surface area contributed by atoms with E-state index in [0.29, 0.717) is 6.04 Å². The highest BCUT2D eigenvalue weighted by Gasteiger charge is 2.22. The molecule has 1 aromatic rings. The van der Waals surface area contributed by atoms with E-state index in [0.717, 1.165) is 31.8 Å². The third kappa shape index (κ3) is 1.70. The molecule has 15 heavy (non-hydrogen) atoms. The van der Waals surface area contributed by atoms with Crippen LogP contribution in [0.3, 0.4) is 0 Å². The summed E-state index contributed by atoms with van der Waals surface area (Å²) in [5.74, 6) is 0. The summed E-state index contributed by atoms with van der Waals surface area (Å²) >= 11 is 0. The Morgan fingerprint density at radius 2 is 2.33 bits per heavy atom. The molecule has 0 aliphatic carbocycles. The summed E-state index contributed by atoms with van der Waals surface area (Å²) in [6, 6.07) is 0.423. The molecule has 1 saturated heterocycles. The maximum Gasteiger partial charge on any atom is 0.104 e. The molecule has 4 nitrogen and oxygen atoms in total. The maximum absolute atomic E-state index is 5.64. The van der Waals surface area contributed by atoms with Crippen molar-refractivity contribution in [1.29, 1.82) is 0 Å². The van der Waals surface area contributed by atoms with Crippen LogP contribution in [-0.2, 0) is 9.47 Å². The largest absolute Gasteiger partial charge is 0.377 e. The highest BCUT2D eigenvalue weighted by Crippen LogP contribution is 2.24. The van der Waals surface area contributed by atoms with E-state index < -0.39 is 0 Å². The van der Waals surface area contributed by atoms with E-state index >= 15 is 0 Å². The molecule has 0 bridgehead atoms. The van der Waals surface area contributed by atoms with Gasteiger partial charge in [-0.3, -0.25) is 4.68 Å². The highest BCUT2D eigenvalue weighted by molar-refractivity contribution is 5.16. The van der Waals surface area contributed by atoms with Crippen LogP contribution >= 0.6 is 0 Å². The SMILES string of the molecule is C1=CC(c2cnn(C3COC3)c2)OCC1. The average Bonchev–Trinajstić information content (AvgIpc) is 2.66. The van der Waals surface area contributed by atoms with Gasteiger partial charge in [0.25, 0.3) is 0 Å². The summed E-state index contributed by atoms with van der Waals surface area (Å²) in [5.41, 5.74) is 1.14. The monoisotopic (exact) mass is 206 g/mol. The summed E-state index contributed by atoms with van der Waals surface area (Å²) in [5, 5.41) is 4.34. The van der Waals surface area contributed by atoms with Crippen molar-refractivity contribution in [2.24, 2.45) is 0 Å². The van der Waals surface area contributed by atoms with Gasteiger partial charge in [-0.1, -0.05) is 12.2 Å². The van der Waals surface area contributed by atoms with Gasteiger partial charge in [0, 0.05) is 11.8 Å². The Bertz CT molecular complexity index is 368. The van der Waals surface area contributed by atoms with Crippen LogP contribution in [0.25, 0.3) is 0 Å². The van der Waals surface area contributed by atoms with Crippen molar-refractivity contribution in [3.8, 4) is 0 Å². The molecule has 3 heterocycles. The lowest BCUT2D eigenvalue weighted by Crippen LogP contribution is -2.30. The summed E-state index contributed by atoms with van der Waals surface area (Å²) in [6.45, 7) is 2.36. The third-order valence-corrected chi connectivity index (χ3v) is 2.84. The van der Waals surface area contributed by atoms with E-state index in [2.05, 4.69) is 23.4 Å². The van der Waals surface area contributed by atoms with E-state index in [1.807, 2.05) is 10.9 Å². The van der Waals surface area contributed by atoms with E-state index in [4.69, 9.17) is 9.47 Å². The van der Waals surface area contributed by atoms with Crippen molar-refractivity contribution < 1.29 is 9.47 Å². The first kappa shape index (κ1) is 9.12. The summed E-state index contributed by atoms with van der Waals surface area (Å²) in [7, 11) is 0. The molecule has 0 spiro atoms. The Balaban J connectivity index is 1.77. The van der Waals surface area contributed by atoms with Gasteiger partial charge < -0.3 is 9.47 Å². The topological polar surface area (TPSA) is 36.3 Å². The molecule has 1 atom stereocenters. The zero-order valence-corrected chi connectivity index (χ0v) is 8.50. The van der Waals surface area contributed by atoms with E-state index in [1.165, 1.54) is 0 Å². The normalized spacial score (nSPS) is 26.5. The first-order valence-corrected chi connectivity index (χ1v) is 5.33. The molecule has 0 aromatic carbocycles. The molecule has 80 valence electrons. The predicted molar refractivity (Wildman–Crippen MR) is 54.5 cm³/mol. The van der Waals surface area contributed by atoms with Crippen LogP contribution in [-0.4, -0.2) is 29.6 Å². The molecule has 3 rings (SSSR count). The van der Waals surface area contributed by atoms with E-state index in [1.54, 1.807) is 0 Å². The van der Waals surface area contributed by atoms with Gasteiger partial charge >= 0.3 is 0 Å². The van der Waals surface area contributed by atoms with Crippen molar-refractivity contribution >= 4 is 0 Å². The molecule has 0 radical (unpaired) electrons. The Kier molecular flexibility index (Phi) is 2.31. The van der Waals surface area contributed by atoms with E-state index in [9.17, 15) is 0 Å². The van der Waals surface area contributed by atoms with Gasteiger partial charge in [-0.2, -0.15) is 5.10 Å². The Labute approximate surface area is 88.5 Å². The Morgan fingerprint density at radius 1 is 1.40 bits per heavy atom. The Hall–Kier alpha value is -1.13. The zero-order chi connectivity index (χ0) is 10.1. The van der Waals surface area contributed by atoms with Gasteiger partial charge in [-0.15, -0.1) is 0 Å². The lowest BCUT2D eigenvalue weighted by Gasteiger charge is -2.26. The number of ether oxygens (including phenoxy) is 2. The zero-order valence-electron chi connectivity index (χ0n) is 8.50. The Morgan fingerprint density at radius 3 is 3.00 bits per heavy atom. The third-order valence-electron chi connectivity index (χ3n) is 2.84. The second-order valence-electron chi connectivity index (χ2n) is 3.95. The molecule has 0 N–H and O–H groups in total. The minimum absolute atomic E-state index is 0.0912. The molecule has 1 unspecified atom stereocenters. The molecule has 2 aliphatic heterocycles. The first-order chi connectivity index (χ1) is 7.43. The van der Waals surface area contributed by atoms with Crippen molar-refractivity contribution in [3.05, 3.63) is 30.1 Å². The van der Waals surface area contributed by atoms with Gasteiger partial charge in [0.15, 0.2) is 0 Å². The number of aromatic nitrogens is 2.